The highest BCUT2D eigenvalue weighted by Crippen LogP contribution is 2.29. The van der Waals surface area contributed by atoms with Crippen molar-refractivity contribution in [1.82, 2.24) is 0 Å². The van der Waals surface area contributed by atoms with Gasteiger partial charge in [-0.2, -0.15) is 0 Å². The lowest BCUT2D eigenvalue weighted by Crippen LogP contribution is -2.41. The van der Waals surface area contributed by atoms with Gasteiger partial charge in [-0.15, -0.1) is 0 Å². The molecule has 0 radical (unpaired) electrons. The van der Waals surface area contributed by atoms with Gasteiger partial charge in [0.1, 0.15) is 0 Å². The van der Waals surface area contributed by atoms with E-state index in [1.54, 1.807) is 0 Å². The molecule has 0 aliphatic heterocycles. The maximum absolute atomic E-state index is 3.83. The molecule has 3 aromatic rings. The van der Waals surface area contributed by atoms with Crippen LogP contribution in [0.1, 0.15) is 25.7 Å². The van der Waals surface area contributed by atoms with Gasteiger partial charge in [0.25, 0.3) is 0 Å². The van der Waals surface area contributed by atoms with Gasteiger partial charge in [0.2, 0.25) is 0 Å². The van der Waals surface area contributed by atoms with Crippen LogP contribution >= 0.6 is 0 Å². The number of hydrogen-bond donors (Lipinski definition) is 2. The van der Waals surface area contributed by atoms with E-state index >= 15 is 0 Å². The fraction of sp³-hybridized carbons (Fsp3) is 0.273. The van der Waals surface area contributed by atoms with E-state index in [1.807, 2.05) is 0 Å². The molecule has 3 aromatic carbocycles. The lowest BCUT2D eigenvalue weighted by atomic mass is 9.89. The predicted molar refractivity (Wildman–Crippen MR) is 104 cm³/mol. The number of para-hydroxylation sites is 1. The average Bonchev–Trinajstić information content (AvgIpc) is 2.64. The minimum absolute atomic E-state index is 0.463. The monoisotopic (exact) mass is 316 g/mol. The molecule has 2 atom stereocenters. The number of fused-ring (bicyclic) bond motifs is 1. The minimum atomic E-state index is 0.463. The second kappa shape index (κ2) is 6.96. The van der Waals surface area contributed by atoms with E-state index in [0.717, 1.165) is 0 Å². The van der Waals surface area contributed by atoms with Gasteiger partial charge < -0.3 is 10.6 Å². The Kier molecular flexibility index (Phi) is 4.37. The minimum Gasteiger partial charge on any atom is -0.380 e. The molecule has 24 heavy (non-hydrogen) atoms. The Morgan fingerprint density at radius 2 is 1.29 bits per heavy atom. The number of anilines is 2. The van der Waals surface area contributed by atoms with E-state index in [4.69, 9.17) is 0 Å². The zero-order valence-electron chi connectivity index (χ0n) is 13.9. The zero-order valence-corrected chi connectivity index (χ0v) is 13.9. The molecule has 1 aliphatic carbocycles. The topological polar surface area (TPSA) is 24.1 Å². The number of hydrogen-bond acceptors (Lipinski definition) is 2. The third-order valence-electron chi connectivity index (χ3n) is 5.02. The van der Waals surface area contributed by atoms with Gasteiger partial charge >= 0.3 is 0 Å². The summed E-state index contributed by atoms with van der Waals surface area (Å²) in [5.74, 6) is 0. The molecular formula is C22H24N2. The Labute approximate surface area is 143 Å². The number of rotatable bonds is 4. The van der Waals surface area contributed by atoms with Crippen molar-refractivity contribution in [3.8, 4) is 0 Å². The molecule has 0 saturated heterocycles. The molecular weight excluding hydrogens is 292 g/mol. The highest BCUT2D eigenvalue weighted by Gasteiger charge is 2.25. The fourth-order valence-corrected chi connectivity index (χ4v) is 3.78. The van der Waals surface area contributed by atoms with Crippen LogP contribution in [-0.4, -0.2) is 12.1 Å². The summed E-state index contributed by atoms with van der Waals surface area (Å²) in [7, 11) is 0. The summed E-state index contributed by atoms with van der Waals surface area (Å²) in [6.07, 6.45) is 5.04. The molecule has 2 N–H and O–H groups in total. The van der Waals surface area contributed by atoms with E-state index in [2.05, 4.69) is 83.4 Å². The molecule has 2 heteroatoms. The Bertz CT molecular complexity index is 792. The molecule has 122 valence electrons. The molecule has 1 fully saturated rings. The van der Waals surface area contributed by atoms with Gasteiger partial charge in [-0.1, -0.05) is 67.4 Å². The summed E-state index contributed by atoms with van der Waals surface area (Å²) in [6.45, 7) is 0. The SMILES string of the molecule is c1ccc(N[C@@H]2CCCC[C@H]2Nc2cccc3ccccc23)cc1. The first-order valence-electron chi connectivity index (χ1n) is 8.96. The molecule has 2 nitrogen and oxygen atoms in total. The molecule has 0 bridgehead atoms. The molecule has 0 heterocycles. The zero-order chi connectivity index (χ0) is 16.2. The summed E-state index contributed by atoms with van der Waals surface area (Å²) >= 11 is 0. The largest absolute Gasteiger partial charge is 0.380 e. The number of benzene rings is 3. The third-order valence-corrected chi connectivity index (χ3v) is 5.02. The average molecular weight is 316 g/mol. The van der Waals surface area contributed by atoms with Crippen molar-refractivity contribution in [2.45, 2.75) is 37.8 Å². The van der Waals surface area contributed by atoms with E-state index in [-0.39, 0.29) is 0 Å². The molecule has 0 unspecified atom stereocenters. The van der Waals surface area contributed by atoms with Crippen LogP contribution in [0.2, 0.25) is 0 Å². The second-order valence-corrected chi connectivity index (χ2v) is 6.68. The molecule has 0 amide bonds. The van der Waals surface area contributed by atoms with E-state index in [0.29, 0.717) is 12.1 Å². The van der Waals surface area contributed by atoms with Gasteiger partial charge in [-0.3, -0.25) is 0 Å². The smallest absolute Gasteiger partial charge is 0.0462 e. The van der Waals surface area contributed by atoms with Crippen molar-refractivity contribution in [2.75, 3.05) is 10.6 Å². The Morgan fingerprint density at radius 1 is 0.625 bits per heavy atom. The first-order chi connectivity index (χ1) is 11.9. The lowest BCUT2D eigenvalue weighted by Gasteiger charge is -2.34. The summed E-state index contributed by atoms with van der Waals surface area (Å²) < 4.78 is 0. The van der Waals surface area contributed by atoms with Crippen molar-refractivity contribution >= 4 is 22.1 Å². The van der Waals surface area contributed by atoms with Gasteiger partial charge in [0.05, 0.1) is 0 Å². The van der Waals surface area contributed by atoms with Gasteiger partial charge in [0.15, 0.2) is 0 Å². The van der Waals surface area contributed by atoms with Crippen LogP contribution in [0.5, 0.6) is 0 Å². The van der Waals surface area contributed by atoms with E-state index in [9.17, 15) is 0 Å². The quantitative estimate of drug-likeness (QED) is 0.647. The van der Waals surface area contributed by atoms with Crippen molar-refractivity contribution in [3.05, 3.63) is 72.8 Å². The van der Waals surface area contributed by atoms with Crippen molar-refractivity contribution in [1.29, 1.82) is 0 Å². The summed E-state index contributed by atoms with van der Waals surface area (Å²) in [4.78, 5) is 0. The second-order valence-electron chi connectivity index (χ2n) is 6.68. The lowest BCUT2D eigenvalue weighted by molar-refractivity contribution is 0.424. The van der Waals surface area contributed by atoms with E-state index in [1.165, 1.54) is 47.8 Å². The molecule has 4 rings (SSSR count). The molecule has 1 aliphatic rings. The van der Waals surface area contributed by atoms with Gasteiger partial charge in [0, 0.05) is 28.8 Å². The Morgan fingerprint density at radius 3 is 2.12 bits per heavy atom. The summed E-state index contributed by atoms with van der Waals surface area (Å²) in [5, 5.41) is 10.2. The normalized spacial score (nSPS) is 20.7. The molecule has 0 spiro atoms. The van der Waals surface area contributed by atoms with Crippen LogP contribution < -0.4 is 10.6 Å². The third kappa shape index (κ3) is 3.23. The number of nitrogens with one attached hydrogen (secondary N) is 2. The Hall–Kier alpha value is -2.48. The van der Waals surface area contributed by atoms with Crippen LogP contribution in [0.4, 0.5) is 11.4 Å². The molecule has 0 aromatic heterocycles. The first-order valence-corrected chi connectivity index (χ1v) is 8.96. The fourth-order valence-electron chi connectivity index (χ4n) is 3.78. The van der Waals surface area contributed by atoms with E-state index < -0.39 is 0 Å². The van der Waals surface area contributed by atoms with Gasteiger partial charge in [-0.25, -0.2) is 0 Å². The summed E-state index contributed by atoms with van der Waals surface area (Å²) in [6, 6.07) is 26.7. The van der Waals surface area contributed by atoms with Crippen LogP contribution in [0.3, 0.4) is 0 Å². The first kappa shape index (κ1) is 15.1. The Balaban J connectivity index is 1.56. The van der Waals surface area contributed by atoms with Gasteiger partial charge in [-0.05, 0) is 36.4 Å². The van der Waals surface area contributed by atoms with Crippen molar-refractivity contribution in [2.24, 2.45) is 0 Å². The van der Waals surface area contributed by atoms with Crippen LogP contribution in [0.25, 0.3) is 10.8 Å². The highest BCUT2D eigenvalue weighted by molar-refractivity contribution is 5.93. The standard InChI is InChI=1S/C22H24N2/c1-2-11-18(12-3-1)23-21-14-6-7-15-22(21)24-20-16-8-10-17-9-4-5-13-19(17)20/h1-5,8-13,16,21-24H,6-7,14-15H2/t21-,22-/m1/s1. The maximum Gasteiger partial charge on any atom is 0.0462 e. The van der Waals surface area contributed by atoms with Crippen molar-refractivity contribution in [3.63, 3.8) is 0 Å². The van der Waals surface area contributed by atoms with Crippen molar-refractivity contribution < 1.29 is 0 Å². The summed E-state index contributed by atoms with van der Waals surface area (Å²) in [5.41, 5.74) is 2.47. The van der Waals surface area contributed by atoms with Crippen LogP contribution in [0, 0.1) is 0 Å². The molecule has 1 saturated carbocycles. The maximum atomic E-state index is 3.83. The van der Waals surface area contributed by atoms with Crippen LogP contribution in [-0.2, 0) is 0 Å². The van der Waals surface area contributed by atoms with Crippen LogP contribution in [0.15, 0.2) is 72.8 Å². The highest BCUT2D eigenvalue weighted by atomic mass is 15.0. The predicted octanol–water partition coefficient (Wildman–Crippen LogP) is 5.68.